The van der Waals surface area contributed by atoms with Crippen LogP contribution in [0.25, 0.3) is 10.9 Å². The van der Waals surface area contributed by atoms with E-state index in [0.29, 0.717) is 17.1 Å². The smallest absolute Gasteiger partial charge is 0.279 e. The molecule has 0 aliphatic heterocycles. The molecule has 0 unspecified atom stereocenters. The highest BCUT2D eigenvalue weighted by molar-refractivity contribution is 5.93. The number of rotatable bonds is 7. The first-order valence-corrected chi connectivity index (χ1v) is 9.15. The highest BCUT2D eigenvalue weighted by Gasteiger charge is 2.24. The van der Waals surface area contributed by atoms with E-state index in [1.54, 1.807) is 25.1 Å². The van der Waals surface area contributed by atoms with E-state index in [2.05, 4.69) is 10.3 Å². The molecule has 1 heterocycles. The lowest BCUT2D eigenvalue weighted by Crippen LogP contribution is -2.29. The summed E-state index contributed by atoms with van der Waals surface area (Å²) in [5, 5.41) is 27.7. The maximum Gasteiger partial charge on any atom is 0.279 e. The fraction of sp³-hybridized carbons (Fsp3) is 0.238. The summed E-state index contributed by atoms with van der Waals surface area (Å²) in [6.45, 7) is 1.67. The molecule has 1 amide bonds. The third kappa shape index (κ3) is 3.82. The van der Waals surface area contributed by atoms with Crippen LogP contribution in [-0.2, 0) is 4.79 Å². The Balaban J connectivity index is 2.27. The topological polar surface area (TPSA) is 127 Å². The summed E-state index contributed by atoms with van der Waals surface area (Å²) in [5.41, 5.74) is 0.264. The van der Waals surface area contributed by atoms with Crippen LogP contribution in [0.1, 0.15) is 30.5 Å². The molecular formula is C21H20N3O6-. The normalized spacial score (nSPS) is 11.7. The number of nitrogens with one attached hydrogen (secondary N) is 1. The first-order valence-electron chi connectivity index (χ1n) is 9.15. The maximum absolute atomic E-state index is 13.2. The third-order valence-corrected chi connectivity index (χ3v) is 4.73. The van der Waals surface area contributed by atoms with Crippen LogP contribution in [0.4, 0.5) is 5.69 Å². The van der Waals surface area contributed by atoms with Crippen molar-refractivity contribution in [3.05, 3.63) is 63.8 Å². The summed E-state index contributed by atoms with van der Waals surface area (Å²) < 4.78 is 10.6. The van der Waals surface area contributed by atoms with Crippen LogP contribution >= 0.6 is 0 Å². The number of carbonyl (C=O) groups is 1. The van der Waals surface area contributed by atoms with Crippen LogP contribution in [0.3, 0.4) is 0 Å². The molecule has 0 aliphatic carbocycles. The van der Waals surface area contributed by atoms with Gasteiger partial charge in [0.05, 0.1) is 36.1 Å². The molecule has 0 fully saturated rings. The highest BCUT2D eigenvalue weighted by atomic mass is 16.6. The fourth-order valence-electron chi connectivity index (χ4n) is 3.22. The fourth-order valence-corrected chi connectivity index (χ4v) is 3.22. The van der Waals surface area contributed by atoms with Gasteiger partial charge in [-0.3, -0.25) is 19.9 Å². The van der Waals surface area contributed by atoms with Crippen LogP contribution in [0.5, 0.6) is 17.2 Å². The average molecular weight is 410 g/mol. The summed E-state index contributed by atoms with van der Waals surface area (Å²) in [5.74, 6) is 0.0484. The molecule has 0 saturated heterocycles. The van der Waals surface area contributed by atoms with Crippen molar-refractivity contribution in [2.24, 2.45) is 0 Å². The van der Waals surface area contributed by atoms with Crippen molar-refractivity contribution < 1.29 is 24.3 Å². The molecule has 156 valence electrons. The highest BCUT2D eigenvalue weighted by Crippen LogP contribution is 2.39. The van der Waals surface area contributed by atoms with Gasteiger partial charge in [-0.05, 0) is 35.4 Å². The predicted octanol–water partition coefficient (Wildman–Crippen LogP) is 2.85. The molecular weight excluding hydrogens is 390 g/mol. The van der Waals surface area contributed by atoms with Crippen LogP contribution in [0.2, 0.25) is 0 Å². The summed E-state index contributed by atoms with van der Waals surface area (Å²) in [6, 6.07) is 8.18. The molecule has 0 radical (unpaired) electrons. The molecule has 0 saturated carbocycles. The molecule has 2 aromatic carbocycles. The van der Waals surface area contributed by atoms with Crippen molar-refractivity contribution >= 4 is 22.5 Å². The largest absolute Gasteiger partial charge is 0.871 e. The van der Waals surface area contributed by atoms with E-state index in [0.717, 1.165) is 0 Å². The maximum atomic E-state index is 13.2. The Bertz CT molecular complexity index is 1120. The Hall–Kier alpha value is -3.88. The quantitative estimate of drug-likeness (QED) is 0.469. The lowest BCUT2D eigenvalue weighted by atomic mass is 9.94. The molecule has 30 heavy (non-hydrogen) atoms. The number of nitro benzene ring substituents is 1. The standard InChI is InChI=1S/C21H21N3O6/c1-4-18(25)23-19(12-7-8-16(29-2)17(10-12)30-3)14-11-15(24(27)28)13-6-5-9-22-20(13)21(14)26/h5-11,19,26H,4H2,1-3H3,(H,23,25)/p-1/t19-/m1/s1. The van der Waals surface area contributed by atoms with Crippen molar-refractivity contribution in [3.8, 4) is 17.2 Å². The Morgan fingerprint density at radius 3 is 2.57 bits per heavy atom. The van der Waals surface area contributed by atoms with Gasteiger partial charge in [0, 0.05) is 18.7 Å². The van der Waals surface area contributed by atoms with E-state index in [4.69, 9.17) is 9.47 Å². The first-order chi connectivity index (χ1) is 14.4. The van der Waals surface area contributed by atoms with Gasteiger partial charge in [0.2, 0.25) is 5.91 Å². The lowest BCUT2D eigenvalue weighted by molar-refractivity contribution is -0.383. The number of ether oxygens (including phenoxy) is 2. The SMILES string of the molecule is CCC(=O)N[C@H](c1ccc(OC)c(OC)c1)c1cc([N+](=O)[O-])c2cccnc2c1[O-]. The summed E-state index contributed by atoms with van der Waals surface area (Å²) in [6.07, 6.45) is 1.57. The number of pyridine rings is 1. The summed E-state index contributed by atoms with van der Waals surface area (Å²) >= 11 is 0. The number of benzene rings is 2. The van der Waals surface area contributed by atoms with E-state index in [9.17, 15) is 20.0 Å². The lowest BCUT2D eigenvalue weighted by Gasteiger charge is -2.26. The number of fused-ring (bicyclic) bond motifs is 1. The predicted molar refractivity (Wildman–Crippen MR) is 108 cm³/mol. The molecule has 0 spiro atoms. The van der Waals surface area contributed by atoms with Crippen LogP contribution < -0.4 is 19.9 Å². The van der Waals surface area contributed by atoms with E-state index in [1.807, 2.05) is 0 Å². The minimum Gasteiger partial charge on any atom is -0.871 e. The number of nitrogens with zero attached hydrogens (tertiary/aromatic N) is 2. The molecule has 3 aromatic rings. The number of hydrogen-bond acceptors (Lipinski definition) is 7. The second kappa shape index (κ2) is 8.64. The van der Waals surface area contributed by atoms with Crippen LogP contribution in [0.15, 0.2) is 42.6 Å². The molecule has 1 aromatic heterocycles. The Morgan fingerprint density at radius 1 is 1.20 bits per heavy atom. The Morgan fingerprint density at radius 2 is 1.93 bits per heavy atom. The number of nitro groups is 1. The van der Waals surface area contributed by atoms with Gasteiger partial charge in [0.1, 0.15) is 0 Å². The molecule has 9 nitrogen and oxygen atoms in total. The average Bonchev–Trinajstić information content (AvgIpc) is 2.77. The van der Waals surface area contributed by atoms with Gasteiger partial charge in [0.25, 0.3) is 5.69 Å². The van der Waals surface area contributed by atoms with Gasteiger partial charge >= 0.3 is 0 Å². The second-order valence-corrected chi connectivity index (χ2v) is 6.44. The molecule has 1 atom stereocenters. The van der Waals surface area contributed by atoms with E-state index in [-0.39, 0.29) is 34.5 Å². The van der Waals surface area contributed by atoms with E-state index < -0.39 is 16.7 Å². The van der Waals surface area contributed by atoms with Gasteiger partial charge in [-0.2, -0.15) is 0 Å². The minimum absolute atomic E-state index is 0.0297. The molecule has 3 rings (SSSR count). The molecule has 9 heteroatoms. The second-order valence-electron chi connectivity index (χ2n) is 6.44. The molecule has 0 bridgehead atoms. The van der Waals surface area contributed by atoms with Crippen LogP contribution in [0, 0.1) is 10.1 Å². The number of carbonyl (C=O) groups excluding carboxylic acids is 1. The number of aromatic nitrogens is 1. The number of amides is 1. The third-order valence-electron chi connectivity index (χ3n) is 4.73. The number of methoxy groups -OCH3 is 2. The monoisotopic (exact) mass is 410 g/mol. The van der Waals surface area contributed by atoms with Gasteiger partial charge in [-0.15, -0.1) is 0 Å². The van der Waals surface area contributed by atoms with Crippen molar-refractivity contribution in [2.45, 2.75) is 19.4 Å². The van der Waals surface area contributed by atoms with E-state index in [1.165, 1.54) is 38.6 Å². The first kappa shape index (κ1) is 20.8. The summed E-state index contributed by atoms with van der Waals surface area (Å²) in [4.78, 5) is 27.4. The minimum atomic E-state index is -0.935. The van der Waals surface area contributed by atoms with Crippen molar-refractivity contribution in [1.82, 2.24) is 10.3 Å². The Kier molecular flexibility index (Phi) is 6.01. The zero-order valence-corrected chi connectivity index (χ0v) is 16.7. The van der Waals surface area contributed by atoms with Crippen LogP contribution in [-0.4, -0.2) is 30.0 Å². The van der Waals surface area contributed by atoms with Gasteiger partial charge < -0.3 is 19.9 Å². The zero-order chi connectivity index (χ0) is 21.8. The molecule has 1 N–H and O–H groups in total. The molecule has 0 aliphatic rings. The number of hydrogen-bond donors (Lipinski definition) is 1. The number of non-ortho nitro benzene ring substituents is 1. The van der Waals surface area contributed by atoms with Gasteiger partial charge in [0.15, 0.2) is 11.5 Å². The van der Waals surface area contributed by atoms with E-state index >= 15 is 0 Å². The summed E-state index contributed by atoms with van der Waals surface area (Å²) in [7, 11) is 2.95. The van der Waals surface area contributed by atoms with Gasteiger partial charge in [-0.25, -0.2) is 0 Å². The zero-order valence-electron chi connectivity index (χ0n) is 16.7. The Labute approximate surface area is 172 Å². The van der Waals surface area contributed by atoms with Crippen molar-refractivity contribution in [2.75, 3.05) is 14.2 Å². The van der Waals surface area contributed by atoms with Gasteiger partial charge in [-0.1, -0.05) is 18.7 Å². The van der Waals surface area contributed by atoms with Crippen molar-refractivity contribution in [1.29, 1.82) is 0 Å². The van der Waals surface area contributed by atoms with Crippen molar-refractivity contribution in [3.63, 3.8) is 0 Å².